The maximum Gasteiger partial charge on any atom is 0.293 e. The van der Waals surface area contributed by atoms with Crippen LogP contribution in [0.2, 0.25) is 0 Å². The van der Waals surface area contributed by atoms with E-state index in [1.807, 2.05) is 0 Å². The van der Waals surface area contributed by atoms with Crippen LogP contribution in [0.25, 0.3) is 17.1 Å². The minimum absolute atomic E-state index is 0.00992. The minimum Gasteiger partial charge on any atom is -0.354 e. The van der Waals surface area contributed by atoms with Crippen LogP contribution < -0.4 is 15.9 Å². The molecule has 2 heterocycles. The molecule has 0 bridgehead atoms. The van der Waals surface area contributed by atoms with Gasteiger partial charge in [-0.1, -0.05) is 25.0 Å². The number of imide groups is 1. The molecule has 0 aliphatic carbocycles. The lowest BCUT2D eigenvalue weighted by Crippen LogP contribution is -2.29. The summed E-state index contributed by atoms with van der Waals surface area (Å²) < 4.78 is 17.8. The fourth-order valence-corrected chi connectivity index (χ4v) is 5.30. The fraction of sp³-hybridized carbons (Fsp3) is 0.207. The van der Waals surface area contributed by atoms with Gasteiger partial charge in [-0.05, 0) is 95.1 Å². The third kappa shape index (κ3) is 7.17. The molecule has 3 amide bonds. The number of thioether (sulfide) groups is 1. The molecule has 0 radical (unpaired) electrons. The summed E-state index contributed by atoms with van der Waals surface area (Å²) in [5.74, 6) is -0.921. The average Bonchev–Trinajstić information content (AvgIpc) is 3.59. The Morgan fingerprint density at radius 2 is 1.67 bits per heavy atom. The summed E-state index contributed by atoms with van der Waals surface area (Å²) >= 11 is 0.883. The van der Waals surface area contributed by atoms with E-state index in [2.05, 4.69) is 20.9 Å². The van der Waals surface area contributed by atoms with E-state index < -0.39 is 0 Å². The highest BCUT2D eigenvalue weighted by atomic mass is 32.2. The van der Waals surface area contributed by atoms with Crippen molar-refractivity contribution in [2.45, 2.75) is 25.7 Å². The summed E-state index contributed by atoms with van der Waals surface area (Å²) in [6.45, 7) is 0.805. The molecule has 43 heavy (non-hydrogen) atoms. The highest BCUT2D eigenvalue weighted by Crippen LogP contribution is 2.33. The van der Waals surface area contributed by atoms with Crippen molar-refractivity contribution in [3.63, 3.8) is 0 Å². The van der Waals surface area contributed by atoms with Crippen molar-refractivity contribution in [1.29, 1.82) is 0 Å². The van der Waals surface area contributed by atoms with E-state index in [1.165, 1.54) is 23.1 Å². The SMILES string of the molecule is O=C(NCCCCCCN1C(=O)S/C(=C\c2ccc(F)cc2)C1=O)c1ccc(Nc2ccc(N(O)O)c3nonc23)cc1. The molecule has 4 aromatic rings. The lowest BCUT2D eigenvalue weighted by atomic mass is 10.1. The lowest BCUT2D eigenvalue weighted by molar-refractivity contribution is -0.122. The first-order chi connectivity index (χ1) is 20.8. The van der Waals surface area contributed by atoms with Gasteiger partial charge < -0.3 is 10.6 Å². The minimum atomic E-state index is -0.369. The van der Waals surface area contributed by atoms with Gasteiger partial charge in [0.05, 0.1) is 10.6 Å². The topological polar surface area (TPSA) is 161 Å². The predicted octanol–water partition coefficient (Wildman–Crippen LogP) is 5.72. The van der Waals surface area contributed by atoms with Crippen molar-refractivity contribution >= 4 is 63.0 Å². The second kappa shape index (κ2) is 13.5. The Bertz CT molecular complexity index is 1660. The number of halogens is 1. The van der Waals surface area contributed by atoms with Crippen molar-refractivity contribution in [3.8, 4) is 0 Å². The molecular formula is C29H27FN6O6S. The van der Waals surface area contributed by atoms with Gasteiger partial charge in [0, 0.05) is 24.3 Å². The maximum absolute atomic E-state index is 13.1. The van der Waals surface area contributed by atoms with Crippen LogP contribution in [0, 0.1) is 5.82 Å². The molecule has 14 heteroatoms. The zero-order valence-electron chi connectivity index (χ0n) is 22.7. The van der Waals surface area contributed by atoms with Gasteiger partial charge in [-0.3, -0.25) is 29.7 Å². The molecule has 12 nitrogen and oxygen atoms in total. The van der Waals surface area contributed by atoms with E-state index in [4.69, 9.17) is 4.63 Å². The number of benzene rings is 3. The maximum atomic E-state index is 13.1. The summed E-state index contributed by atoms with van der Waals surface area (Å²) in [6.07, 6.45) is 4.60. The van der Waals surface area contributed by atoms with Crippen molar-refractivity contribution in [1.82, 2.24) is 20.5 Å². The monoisotopic (exact) mass is 606 g/mol. The molecule has 3 aromatic carbocycles. The van der Waals surface area contributed by atoms with Gasteiger partial charge in [0.25, 0.3) is 17.1 Å². The van der Waals surface area contributed by atoms with E-state index in [-0.39, 0.29) is 39.3 Å². The standard InChI is InChI=1S/C29H27FN6O6S/c30-20-9-5-18(6-10-20)17-24-28(38)35(29(39)43-24)16-4-2-1-3-15-31-27(37)19-7-11-21(12-8-19)32-22-13-14-23(36(40)41)26-25(22)33-42-34-26/h5-14,17,32,40-41H,1-4,15-16H2,(H,31,37)/b24-17-. The van der Waals surface area contributed by atoms with Gasteiger partial charge in [0.15, 0.2) is 11.0 Å². The molecule has 5 rings (SSSR count). The van der Waals surface area contributed by atoms with Crippen molar-refractivity contribution in [3.05, 3.63) is 82.5 Å². The second-order valence-electron chi connectivity index (χ2n) is 9.64. The third-order valence-corrected chi connectivity index (χ3v) is 7.58. The molecule has 0 spiro atoms. The van der Waals surface area contributed by atoms with Crippen LogP contribution in [-0.2, 0) is 4.79 Å². The number of nitrogens with one attached hydrogen (secondary N) is 2. The van der Waals surface area contributed by atoms with Crippen molar-refractivity contribution in [2.24, 2.45) is 0 Å². The number of hydrogen-bond donors (Lipinski definition) is 4. The number of nitrogens with zero attached hydrogens (tertiary/aromatic N) is 4. The quantitative estimate of drug-likeness (QED) is 0.0887. The molecule has 1 aromatic heterocycles. The summed E-state index contributed by atoms with van der Waals surface area (Å²) in [6, 6.07) is 15.5. The highest BCUT2D eigenvalue weighted by Gasteiger charge is 2.34. The lowest BCUT2D eigenvalue weighted by Gasteiger charge is -2.12. The van der Waals surface area contributed by atoms with E-state index >= 15 is 0 Å². The van der Waals surface area contributed by atoms with E-state index in [9.17, 15) is 29.2 Å². The molecular weight excluding hydrogens is 579 g/mol. The molecule has 0 saturated carbocycles. The number of hydrogen-bond acceptors (Lipinski definition) is 11. The van der Waals surface area contributed by atoms with Gasteiger partial charge in [0.1, 0.15) is 11.5 Å². The van der Waals surface area contributed by atoms with Crippen LogP contribution in [-0.4, -0.2) is 55.8 Å². The molecule has 1 aliphatic rings. The number of fused-ring (bicyclic) bond motifs is 1. The molecule has 1 fully saturated rings. The van der Waals surface area contributed by atoms with Crippen LogP contribution in [0.5, 0.6) is 0 Å². The molecule has 0 atom stereocenters. The van der Waals surface area contributed by atoms with Gasteiger partial charge in [-0.15, -0.1) is 5.23 Å². The Labute approximate surface area is 249 Å². The number of anilines is 3. The molecule has 222 valence electrons. The van der Waals surface area contributed by atoms with Crippen LogP contribution in [0.4, 0.5) is 26.2 Å². The van der Waals surface area contributed by atoms with Crippen molar-refractivity contribution < 1.29 is 33.8 Å². The van der Waals surface area contributed by atoms with Crippen LogP contribution in [0.3, 0.4) is 0 Å². The Balaban J connectivity index is 1.02. The average molecular weight is 607 g/mol. The summed E-state index contributed by atoms with van der Waals surface area (Å²) in [5, 5.41) is 31.8. The van der Waals surface area contributed by atoms with Crippen LogP contribution in [0.1, 0.15) is 41.6 Å². The molecule has 4 N–H and O–H groups in total. The number of rotatable bonds is 12. The zero-order valence-corrected chi connectivity index (χ0v) is 23.5. The smallest absolute Gasteiger partial charge is 0.293 e. The van der Waals surface area contributed by atoms with Crippen LogP contribution in [0.15, 0.2) is 70.2 Å². The molecule has 0 unspecified atom stereocenters. The van der Waals surface area contributed by atoms with Gasteiger partial charge in [-0.25, -0.2) is 9.02 Å². The predicted molar refractivity (Wildman–Crippen MR) is 157 cm³/mol. The first-order valence-corrected chi connectivity index (χ1v) is 14.2. The van der Waals surface area contributed by atoms with E-state index in [0.717, 1.165) is 31.0 Å². The van der Waals surface area contributed by atoms with E-state index in [0.29, 0.717) is 52.4 Å². The number of aromatic nitrogens is 2. The van der Waals surface area contributed by atoms with Gasteiger partial charge in [0.2, 0.25) is 0 Å². The Morgan fingerprint density at radius 1 is 0.953 bits per heavy atom. The Kier molecular flexibility index (Phi) is 9.29. The zero-order chi connectivity index (χ0) is 30.3. The van der Waals surface area contributed by atoms with Crippen LogP contribution >= 0.6 is 11.8 Å². The van der Waals surface area contributed by atoms with Gasteiger partial charge >= 0.3 is 0 Å². The van der Waals surface area contributed by atoms with Gasteiger partial charge in [-0.2, -0.15) is 0 Å². The second-order valence-corrected chi connectivity index (χ2v) is 10.6. The first kappa shape index (κ1) is 29.7. The number of unbranched alkanes of at least 4 members (excludes halogenated alkanes) is 3. The Hall–Kier alpha value is -4.79. The number of amides is 3. The normalized spacial score (nSPS) is 14.1. The van der Waals surface area contributed by atoms with E-state index in [1.54, 1.807) is 48.5 Å². The number of carbonyl (C=O) groups excluding carboxylic acids is 3. The summed E-state index contributed by atoms with van der Waals surface area (Å²) in [5.41, 5.74) is 2.80. The highest BCUT2D eigenvalue weighted by molar-refractivity contribution is 8.18. The Morgan fingerprint density at radius 3 is 2.42 bits per heavy atom. The number of carbonyl (C=O) groups is 3. The third-order valence-electron chi connectivity index (χ3n) is 6.67. The summed E-state index contributed by atoms with van der Waals surface area (Å²) in [4.78, 5) is 39.0. The van der Waals surface area contributed by atoms with Crippen molar-refractivity contribution in [2.75, 3.05) is 23.6 Å². The fourth-order valence-electron chi connectivity index (χ4n) is 4.43. The molecule has 1 aliphatic heterocycles. The summed E-state index contributed by atoms with van der Waals surface area (Å²) in [7, 11) is 0. The molecule has 1 saturated heterocycles. The largest absolute Gasteiger partial charge is 0.354 e. The first-order valence-electron chi connectivity index (χ1n) is 13.4.